The van der Waals surface area contributed by atoms with Crippen molar-refractivity contribution in [2.75, 3.05) is 0 Å². The third-order valence-electron chi connectivity index (χ3n) is 1.86. The molecule has 1 aliphatic carbocycles. The highest BCUT2D eigenvalue weighted by atomic mass is 32.1. The molecule has 0 bridgehead atoms. The standard InChI is InChI=1S/C8H10N2S/c1-6-4-8(11)10(9-5-6)7-2-3-7/h4-5,7H,2-3H2,1H3. The number of hydrogen-bond acceptors (Lipinski definition) is 2. The molecule has 1 aliphatic rings. The summed E-state index contributed by atoms with van der Waals surface area (Å²) in [6.45, 7) is 2.01. The molecule has 1 heterocycles. The van der Waals surface area contributed by atoms with Crippen molar-refractivity contribution in [3.8, 4) is 0 Å². The van der Waals surface area contributed by atoms with E-state index in [0.717, 1.165) is 10.2 Å². The van der Waals surface area contributed by atoms with Gasteiger partial charge in [-0.05, 0) is 31.4 Å². The van der Waals surface area contributed by atoms with E-state index < -0.39 is 0 Å². The van der Waals surface area contributed by atoms with Crippen LogP contribution in [-0.4, -0.2) is 9.78 Å². The van der Waals surface area contributed by atoms with Gasteiger partial charge in [0.15, 0.2) is 0 Å². The number of aromatic nitrogens is 2. The summed E-state index contributed by atoms with van der Waals surface area (Å²) in [5, 5.41) is 4.25. The fourth-order valence-corrected chi connectivity index (χ4v) is 1.48. The predicted octanol–water partition coefficient (Wildman–Crippen LogP) is 2.26. The highest BCUT2D eigenvalue weighted by Gasteiger charge is 2.24. The molecular weight excluding hydrogens is 156 g/mol. The molecule has 1 aromatic heterocycles. The van der Waals surface area contributed by atoms with E-state index in [0.29, 0.717) is 6.04 Å². The highest BCUT2D eigenvalue weighted by Crippen LogP contribution is 2.33. The van der Waals surface area contributed by atoms with Crippen molar-refractivity contribution in [1.29, 1.82) is 0 Å². The molecule has 1 saturated carbocycles. The van der Waals surface area contributed by atoms with Crippen molar-refractivity contribution < 1.29 is 0 Å². The lowest BCUT2D eigenvalue weighted by Crippen LogP contribution is -2.01. The topological polar surface area (TPSA) is 17.8 Å². The van der Waals surface area contributed by atoms with Crippen LogP contribution in [0, 0.1) is 11.6 Å². The van der Waals surface area contributed by atoms with Gasteiger partial charge in [0.1, 0.15) is 4.64 Å². The second-order valence-electron chi connectivity index (χ2n) is 3.05. The molecule has 0 unspecified atom stereocenters. The van der Waals surface area contributed by atoms with E-state index in [-0.39, 0.29) is 0 Å². The van der Waals surface area contributed by atoms with E-state index in [9.17, 15) is 0 Å². The summed E-state index contributed by atoms with van der Waals surface area (Å²) in [7, 11) is 0. The van der Waals surface area contributed by atoms with E-state index in [4.69, 9.17) is 12.2 Å². The minimum absolute atomic E-state index is 0.600. The van der Waals surface area contributed by atoms with Gasteiger partial charge in [-0.2, -0.15) is 5.10 Å². The summed E-state index contributed by atoms with van der Waals surface area (Å²) < 4.78 is 2.81. The molecule has 1 aromatic rings. The van der Waals surface area contributed by atoms with Crippen LogP contribution in [0.1, 0.15) is 24.4 Å². The molecule has 0 aromatic carbocycles. The molecule has 0 spiro atoms. The Balaban J connectivity index is 2.48. The quantitative estimate of drug-likeness (QED) is 0.595. The van der Waals surface area contributed by atoms with Crippen LogP contribution in [0.2, 0.25) is 0 Å². The Morgan fingerprint density at radius 1 is 1.64 bits per heavy atom. The molecule has 0 atom stereocenters. The molecule has 0 amide bonds. The van der Waals surface area contributed by atoms with Crippen LogP contribution < -0.4 is 0 Å². The van der Waals surface area contributed by atoms with Crippen LogP contribution in [0.15, 0.2) is 12.3 Å². The Morgan fingerprint density at radius 3 is 2.91 bits per heavy atom. The Hall–Kier alpha value is -0.700. The molecule has 0 saturated heterocycles. The molecule has 3 heteroatoms. The Kier molecular flexibility index (Phi) is 1.53. The largest absolute Gasteiger partial charge is 0.252 e. The molecule has 58 valence electrons. The number of rotatable bonds is 1. The van der Waals surface area contributed by atoms with Gasteiger partial charge in [0, 0.05) is 0 Å². The molecule has 0 radical (unpaired) electrons. The number of nitrogens with zero attached hydrogens (tertiary/aromatic N) is 2. The van der Waals surface area contributed by atoms with Crippen molar-refractivity contribution in [2.45, 2.75) is 25.8 Å². The van der Waals surface area contributed by atoms with E-state index in [1.807, 2.05) is 23.9 Å². The Morgan fingerprint density at radius 2 is 2.36 bits per heavy atom. The lowest BCUT2D eigenvalue weighted by atomic mass is 10.4. The van der Waals surface area contributed by atoms with Gasteiger partial charge in [-0.3, -0.25) is 4.68 Å². The van der Waals surface area contributed by atoms with E-state index >= 15 is 0 Å². The Bertz CT molecular complexity index is 325. The van der Waals surface area contributed by atoms with Crippen molar-refractivity contribution in [3.63, 3.8) is 0 Å². The van der Waals surface area contributed by atoms with Crippen LogP contribution in [-0.2, 0) is 0 Å². The molecule has 2 rings (SSSR count). The number of hydrogen-bond donors (Lipinski definition) is 0. The van der Waals surface area contributed by atoms with Crippen molar-refractivity contribution in [1.82, 2.24) is 9.78 Å². The smallest absolute Gasteiger partial charge is 0.123 e. The van der Waals surface area contributed by atoms with Crippen molar-refractivity contribution in [2.24, 2.45) is 0 Å². The summed E-state index contributed by atoms with van der Waals surface area (Å²) in [6, 6.07) is 2.60. The molecule has 11 heavy (non-hydrogen) atoms. The maximum atomic E-state index is 5.16. The molecule has 1 fully saturated rings. The summed E-state index contributed by atoms with van der Waals surface area (Å²) in [6.07, 6.45) is 4.35. The minimum Gasteiger partial charge on any atom is -0.252 e. The summed E-state index contributed by atoms with van der Waals surface area (Å²) in [4.78, 5) is 0. The Labute approximate surface area is 70.9 Å². The average Bonchev–Trinajstić information content (AvgIpc) is 2.70. The van der Waals surface area contributed by atoms with Crippen LogP contribution in [0.4, 0.5) is 0 Å². The first-order valence-electron chi connectivity index (χ1n) is 3.83. The lowest BCUT2D eigenvalue weighted by Gasteiger charge is -2.01. The van der Waals surface area contributed by atoms with Gasteiger partial charge in [0.25, 0.3) is 0 Å². The van der Waals surface area contributed by atoms with Gasteiger partial charge in [0.2, 0.25) is 0 Å². The predicted molar refractivity (Wildman–Crippen MR) is 46.1 cm³/mol. The normalized spacial score (nSPS) is 16.8. The summed E-state index contributed by atoms with van der Waals surface area (Å²) in [5.41, 5.74) is 1.15. The first kappa shape index (κ1) is 6.98. The summed E-state index contributed by atoms with van der Waals surface area (Å²) in [5.74, 6) is 0. The fraction of sp³-hybridized carbons (Fsp3) is 0.500. The highest BCUT2D eigenvalue weighted by molar-refractivity contribution is 7.71. The van der Waals surface area contributed by atoms with Crippen LogP contribution in [0.3, 0.4) is 0 Å². The minimum atomic E-state index is 0.600. The van der Waals surface area contributed by atoms with Crippen molar-refractivity contribution >= 4 is 12.2 Å². The maximum Gasteiger partial charge on any atom is 0.123 e. The second-order valence-corrected chi connectivity index (χ2v) is 3.47. The third-order valence-corrected chi connectivity index (χ3v) is 2.16. The van der Waals surface area contributed by atoms with Gasteiger partial charge in [-0.1, -0.05) is 12.2 Å². The van der Waals surface area contributed by atoms with Gasteiger partial charge < -0.3 is 0 Å². The SMILES string of the molecule is Cc1cnn(C2CC2)c(=S)c1. The average molecular weight is 166 g/mol. The van der Waals surface area contributed by atoms with E-state index in [1.54, 1.807) is 0 Å². The number of aryl methyl sites for hydroxylation is 1. The zero-order valence-corrected chi connectivity index (χ0v) is 7.27. The third kappa shape index (κ3) is 1.33. The van der Waals surface area contributed by atoms with E-state index in [1.165, 1.54) is 12.8 Å². The van der Waals surface area contributed by atoms with Crippen LogP contribution in [0.25, 0.3) is 0 Å². The zero-order valence-electron chi connectivity index (χ0n) is 6.45. The lowest BCUT2D eigenvalue weighted by molar-refractivity contribution is 0.611. The molecule has 0 aliphatic heterocycles. The summed E-state index contributed by atoms with van der Waals surface area (Å²) >= 11 is 5.16. The van der Waals surface area contributed by atoms with Gasteiger partial charge in [-0.25, -0.2) is 0 Å². The maximum absolute atomic E-state index is 5.16. The zero-order chi connectivity index (χ0) is 7.84. The molecule has 2 nitrogen and oxygen atoms in total. The van der Waals surface area contributed by atoms with Gasteiger partial charge in [-0.15, -0.1) is 0 Å². The first-order valence-corrected chi connectivity index (χ1v) is 4.23. The van der Waals surface area contributed by atoms with Gasteiger partial charge in [0.05, 0.1) is 12.2 Å². The second kappa shape index (κ2) is 2.41. The monoisotopic (exact) mass is 166 g/mol. The van der Waals surface area contributed by atoms with Gasteiger partial charge >= 0.3 is 0 Å². The van der Waals surface area contributed by atoms with Crippen LogP contribution >= 0.6 is 12.2 Å². The molecule has 0 N–H and O–H groups in total. The molecular formula is C8H10N2S. The van der Waals surface area contributed by atoms with Crippen LogP contribution in [0.5, 0.6) is 0 Å². The van der Waals surface area contributed by atoms with E-state index in [2.05, 4.69) is 5.10 Å². The fourth-order valence-electron chi connectivity index (χ4n) is 1.10. The van der Waals surface area contributed by atoms with Crippen molar-refractivity contribution in [3.05, 3.63) is 22.5 Å². The first-order chi connectivity index (χ1) is 5.27.